The zero-order valence-electron chi connectivity index (χ0n) is 11.8. The van der Waals surface area contributed by atoms with Gasteiger partial charge in [-0.15, -0.1) is 0 Å². The fourth-order valence-corrected chi connectivity index (χ4v) is 1.78. The van der Waals surface area contributed by atoms with E-state index in [1.807, 2.05) is 60.7 Å². The maximum absolute atomic E-state index is 11.7. The summed E-state index contributed by atoms with van der Waals surface area (Å²) >= 11 is 0. The van der Waals surface area contributed by atoms with Crippen molar-refractivity contribution in [1.29, 1.82) is 0 Å². The smallest absolute Gasteiger partial charge is 0.325 e. The van der Waals surface area contributed by atoms with Crippen molar-refractivity contribution in [3.63, 3.8) is 0 Å². The van der Waals surface area contributed by atoms with Crippen molar-refractivity contribution in [1.82, 2.24) is 0 Å². The van der Waals surface area contributed by atoms with Gasteiger partial charge in [-0.3, -0.25) is 4.79 Å². The van der Waals surface area contributed by atoms with E-state index in [0.717, 1.165) is 11.1 Å². The summed E-state index contributed by atoms with van der Waals surface area (Å²) in [6.07, 6.45) is 0. The number of benzene rings is 2. The highest BCUT2D eigenvalue weighted by molar-refractivity contribution is 5.75. The number of hydrogen-bond acceptors (Lipinski definition) is 4. The van der Waals surface area contributed by atoms with Crippen LogP contribution in [0.3, 0.4) is 0 Å². The molecule has 0 aliphatic carbocycles. The number of nitrogens with two attached hydrogens (primary N) is 1. The summed E-state index contributed by atoms with van der Waals surface area (Å²) in [6, 6.07) is 18.5. The summed E-state index contributed by atoms with van der Waals surface area (Å²) in [5.41, 5.74) is 7.72. The molecule has 2 rings (SSSR count). The summed E-state index contributed by atoms with van der Waals surface area (Å²) in [6.45, 7) is 0.801. The van der Waals surface area contributed by atoms with Gasteiger partial charge in [0.2, 0.25) is 0 Å². The molecule has 0 spiro atoms. The Morgan fingerprint density at radius 3 is 2.00 bits per heavy atom. The molecule has 110 valence electrons. The number of hydrogen-bond donors (Lipinski definition) is 1. The molecule has 1 atom stereocenters. The number of ether oxygens (including phenoxy) is 2. The average molecular weight is 285 g/mol. The Morgan fingerprint density at radius 1 is 0.905 bits per heavy atom. The largest absolute Gasteiger partial charge is 0.460 e. The number of esters is 1. The lowest BCUT2D eigenvalue weighted by atomic mass is 10.2. The SMILES string of the molecule is N[C@@H](COCc1ccccc1)C(=O)OCc1ccccc1. The molecule has 0 saturated carbocycles. The second-order valence-electron chi connectivity index (χ2n) is 4.70. The van der Waals surface area contributed by atoms with E-state index < -0.39 is 12.0 Å². The van der Waals surface area contributed by atoms with Crippen LogP contribution >= 0.6 is 0 Å². The molecule has 0 unspecified atom stereocenters. The van der Waals surface area contributed by atoms with Crippen molar-refractivity contribution < 1.29 is 14.3 Å². The van der Waals surface area contributed by atoms with Crippen LogP contribution in [0, 0.1) is 0 Å². The summed E-state index contributed by atoms with van der Waals surface area (Å²) in [7, 11) is 0. The number of carbonyl (C=O) groups is 1. The molecule has 0 aromatic heterocycles. The van der Waals surface area contributed by atoms with Gasteiger partial charge in [0.15, 0.2) is 0 Å². The topological polar surface area (TPSA) is 61.5 Å². The van der Waals surface area contributed by atoms with Crippen molar-refractivity contribution in [2.24, 2.45) is 5.73 Å². The van der Waals surface area contributed by atoms with Crippen LogP contribution in [0.4, 0.5) is 0 Å². The third-order valence-corrected chi connectivity index (χ3v) is 2.94. The Bertz CT molecular complexity index is 542. The van der Waals surface area contributed by atoms with Crippen molar-refractivity contribution in [2.75, 3.05) is 6.61 Å². The van der Waals surface area contributed by atoms with Gasteiger partial charge in [0.25, 0.3) is 0 Å². The Balaban J connectivity index is 1.68. The highest BCUT2D eigenvalue weighted by Gasteiger charge is 2.15. The summed E-state index contributed by atoms with van der Waals surface area (Å²) in [5, 5.41) is 0. The van der Waals surface area contributed by atoms with E-state index in [1.165, 1.54) is 0 Å². The zero-order valence-corrected chi connectivity index (χ0v) is 11.8. The molecule has 4 nitrogen and oxygen atoms in total. The third kappa shape index (κ3) is 5.38. The van der Waals surface area contributed by atoms with Gasteiger partial charge in [-0.1, -0.05) is 60.7 Å². The molecule has 4 heteroatoms. The Hall–Kier alpha value is -2.17. The molecule has 0 saturated heterocycles. The van der Waals surface area contributed by atoms with Gasteiger partial charge in [0, 0.05) is 0 Å². The van der Waals surface area contributed by atoms with Gasteiger partial charge in [-0.25, -0.2) is 0 Å². The molecule has 0 radical (unpaired) electrons. The molecule has 0 aliphatic heterocycles. The van der Waals surface area contributed by atoms with Crippen LogP contribution in [0.1, 0.15) is 11.1 Å². The van der Waals surface area contributed by atoms with Gasteiger partial charge in [-0.2, -0.15) is 0 Å². The molecule has 0 fully saturated rings. The van der Waals surface area contributed by atoms with Gasteiger partial charge in [0.1, 0.15) is 12.6 Å². The minimum Gasteiger partial charge on any atom is -0.460 e. The second kappa shape index (κ2) is 8.19. The third-order valence-electron chi connectivity index (χ3n) is 2.94. The number of rotatable bonds is 7. The first kappa shape index (κ1) is 15.2. The monoisotopic (exact) mass is 285 g/mol. The molecule has 0 aliphatic rings. The highest BCUT2D eigenvalue weighted by Crippen LogP contribution is 2.03. The first-order valence-corrected chi connectivity index (χ1v) is 6.83. The minimum atomic E-state index is -0.766. The zero-order chi connectivity index (χ0) is 14.9. The Morgan fingerprint density at radius 2 is 1.43 bits per heavy atom. The van der Waals surface area contributed by atoms with Crippen molar-refractivity contribution in [2.45, 2.75) is 19.3 Å². The van der Waals surface area contributed by atoms with Crippen LogP contribution in [0.15, 0.2) is 60.7 Å². The van der Waals surface area contributed by atoms with E-state index in [2.05, 4.69) is 0 Å². The summed E-state index contributed by atoms with van der Waals surface area (Å²) in [5.74, 6) is -0.452. The maximum Gasteiger partial charge on any atom is 0.325 e. The lowest BCUT2D eigenvalue weighted by Crippen LogP contribution is -2.36. The maximum atomic E-state index is 11.7. The van der Waals surface area contributed by atoms with Crippen LogP contribution in [-0.4, -0.2) is 18.6 Å². The van der Waals surface area contributed by atoms with E-state index in [9.17, 15) is 4.79 Å². The minimum absolute atomic E-state index is 0.141. The first-order chi connectivity index (χ1) is 10.3. The predicted octanol–water partition coefficient (Wildman–Crippen LogP) is 2.27. The molecule has 0 bridgehead atoms. The average Bonchev–Trinajstić information content (AvgIpc) is 2.54. The number of carbonyl (C=O) groups excluding carboxylic acids is 1. The first-order valence-electron chi connectivity index (χ1n) is 6.83. The molecular formula is C17H19NO3. The molecule has 0 heterocycles. The quantitative estimate of drug-likeness (QED) is 0.793. The van der Waals surface area contributed by atoms with Crippen molar-refractivity contribution >= 4 is 5.97 Å². The normalized spacial score (nSPS) is 11.9. The lowest BCUT2D eigenvalue weighted by Gasteiger charge is -2.12. The van der Waals surface area contributed by atoms with Crippen molar-refractivity contribution in [3.8, 4) is 0 Å². The second-order valence-corrected chi connectivity index (χ2v) is 4.70. The van der Waals surface area contributed by atoms with Gasteiger partial charge < -0.3 is 15.2 Å². The summed E-state index contributed by atoms with van der Waals surface area (Å²) in [4.78, 5) is 11.7. The molecule has 2 aromatic carbocycles. The Labute approximate surface area is 124 Å². The fraction of sp³-hybridized carbons (Fsp3) is 0.235. The van der Waals surface area contributed by atoms with E-state index in [0.29, 0.717) is 6.61 Å². The van der Waals surface area contributed by atoms with Crippen LogP contribution < -0.4 is 5.73 Å². The molecular weight excluding hydrogens is 266 g/mol. The van der Waals surface area contributed by atoms with E-state index >= 15 is 0 Å². The lowest BCUT2D eigenvalue weighted by molar-refractivity contribution is -0.148. The molecule has 21 heavy (non-hydrogen) atoms. The molecule has 0 amide bonds. The van der Waals surface area contributed by atoms with E-state index in [-0.39, 0.29) is 13.2 Å². The standard InChI is InChI=1S/C17H19NO3/c18-16(13-20-11-14-7-3-1-4-8-14)17(19)21-12-15-9-5-2-6-10-15/h1-10,16H,11-13,18H2/t16-/m0/s1. The molecule has 2 N–H and O–H groups in total. The van der Waals surface area contributed by atoms with Gasteiger partial charge in [-0.05, 0) is 11.1 Å². The van der Waals surface area contributed by atoms with Gasteiger partial charge >= 0.3 is 5.97 Å². The van der Waals surface area contributed by atoms with Crippen LogP contribution in [0.2, 0.25) is 0 Å². The summed E-state index contributed by atoms with van der Waals surface area (Å²) < 4.78 is 10.6. The molecule has 2 aromatic rings. The van der Waals surface area contributed by atoms with Crippen LogP contribution in [0.25, 0.3) is 0 Å². The van der Waals surface area contributed by atoms with Crippen molar-refractivity contribution in [3.05, 3.63) is 71.8 Å². The Kier molecular flexibility index (Phi) is 5.94. The van der Waals surface area contributed by atoms with Gasteiger partial charge in [0.05, 0.1) is 13.2 Å². The predicted molar refractivity (Wildman–Crippen MR) is 80.3 cm³/mol. The van der Waals surface area contributed by atoms with E-state index in [4.69, 9.17) is 15.2 Å². The highest BCUT2D eigenvalue weighted by atomic mass is 16.5. The van der Waals surface area contributed by atoms with Crippen LogP contribution in [0.5, 0.6) is 0 Å². The van der Waals surface area contributed by atoms with E-state index in [1.54, 1.807) is 0 Å². The van der Waals surface area contributed by atoms with Crippen LogP contribution in [-0.2, 0) is 27.5 Å². The fourth-order valence-electron chi connectivity index (χ4n) is 1.78.